The van der Waals surface area contributed by atoms with Crippen molar-refractivity contribution in [1.29, 1.82) is 0 Å². The number of likely N-dealkylation sites (tertiary alicyclic amines) is 1. The van der Waals surface area contributed by atoms with Gasteiger partial charge in [0.15, 0.2) is 0 Å². The Morgan fingerprint density at radius 1 is 1.45 bits per heavy atom. The summed E-state index contributed by atoms with van der Waals surface area (Å²) in [5.74, 6) is 0.448. The second-order valence-electron chi connectivity index (χ2n) is 5.90. The normalized spacial score (nSPS) is 19.9. The second-order valence-corrected chi connectivity index (χ2v) is 5.90. The highest BCUT2D eigenvalue weighted by molar-refractivity contribution is 5.94. The van der Waals surface area contributed by atoms with Crippen molar-refractivity contribution in [1.82, 2.24) is 19.7 Å². The standard InChI is InChI=1S/C16H21N5O/c1-12(17)14-5-3-7-20(9-14)16(22)13-4-2-6-15(8-13)21-11-18-10-19-21/h2,4,6,8,10-12,14H,3,5,7,9,17H2,1H3/t12-,14+/m1/s1. The molecular weight excluding hydrogens is 278 g/mol. The molecule has 2 heterocycles. The third-order valence-corrected chi connectivity index (χ3v) is 4.27. The van der Waals surface area contributed by atoms with Crippen molar-refractivity contribution < 1.29 is 4.79 Å². The fourth-order valence-electron chi connectivity index (χ4n) is 2.93. The molecule has 1 fully saturated rings. The lowest BCUT2D eigenvalue weighted by atomic mass is 9.92. The fraction of sp³-hybridized carbons (Fsp3) is 0.438. The van der Waals surface area contributed by atoms with Gasteiger partial charge < -0.3 is 10.6 Å². The minimum atomic E-state index is 0.0623. The number of piperidine rings is 1. The first kappa shape index (κ1) is 14.7. The van der Waals surface area contributed by atoms with Crippen LogP contribution in [-0.2, 0) is 0 Å². The third-order valence-electron chi connectivity index (χ3n) is 4.27. The zero-order valence-electron chi connectivity index (χ0n) is 12.7. The number of carbonyl (C=O) groups is 1. The van der Waals surface area contributed by atoms with E-state index in [1.54, 1.807) is 11.0 Å². The molecule has 22 heavy (non-hydrogen) atoms. The van der Waals surface area contributed by atoms with Gasteiger partial charge in [-0.15, -0.1) is 0 Å². The van der Waals surface area contributed by atoms with E-state index in [4.69, 9.17) is 5.73 Å². The van der Waals surface area contributed by atoms with Gasteiger partial charge in [0.25, 0.3) is 5.91 Å². The maximum atomic E-state index is 12.7. The van der Waals surface area contributed by atoms with Crippen LogP contribution >= 0.6 is 0 Å². The molecule has 2 atom stereocenters. The number of benzene rings is 1. The van der Waals surface area contributed by atoms with Gasteiger partial charge in [0, 0.05) is 24.7 Å². The van der Waals surface area contributed by atoms with E-state index >= 15 is 0 Å². The molecule has 6 nitrogen and oxygen atoms in total. The van der Waals surface area contributed by atoms with Crippen molar-refractivity contribution in [2.45, 2.75) is 25.8 Å². The van der Waals surface area contributed by atoms with Crippen LogP contribution in [0.4, 0.5) is 0 Å². The number of hydrogen-bond acceptors (Lipinski definition) is 4. The Balaban J connectivity index is 1.79. The average Bonchev–Trinajstić information content (AvgIpc) is 3.09. The number of aromatic nitrogens is 3. The Kier molecular flexibility index (Phi) is 4.20. The van der Waals surface area contributed by atoms with Crippen molar-refractivity contribution >= 4 is 5.91 Å². The molecule has 1 aliphatic rings. The maximum absolute atomic E-state index is 12.7. The Bertz CT molecular complexity index is 638. The quantitative estimate of drug-likeness (QED) is 0.931. The monoisotopic (exact) mass is 299 g/mol. The molecule has 0 spiro atoms. The minimum absolute atomic E-state index is 0.0623. The predicted molar refractivity (Wildman–Crippen MR) is 83.6 cm³/mol. The highest BCUT2D eigenvalue weighted by atomic mass is 16.2. The summed E-state index contributed by atoms with van der Waals surface area (Å²) >= 11 is 0. The van der Waals surface area contributed by atoms with Crippen LogP contribution in [-0.4, -0.2) is 44.7 Å². The van der Waals surface area contributed by atoms with Gasteiger partial charge in [0.2, 0.25) is 0 Å². The number of amides is 1. The fourth-order valence-corrected chi connectivity index (χ4v) is 2.93. The van der Waals surface area contributed by atoms with Crippen LogP contribution in [0.25, 0.3) is 5.69 Å². The van der Waals surface area contributed by atoms with Gasteiger partial charge in [0.1, 0.15) is 12.7 Å². The van der Waals surface area contributed by atoms with Crippen LogP contribution in [0.3, 0.4) is 0 Å². The molecule has 1 saturated heterocycles. The van der Waals surface area contributed by atoms with Crippen LogP contribution in [0.2, 0.25) is 0 Å². The summed E-state index contributed by atoms with van der Waals surface area (Å²) in [7, 11) is 0. The summed E-state index contributed by atoms with van der Waals surface area (Å²) in [6, 6.07) is 7.60. The summed E-state index contributed by atoms with van der Waals surface area (Å²) in [6.45, 7) is 3.56. The van der Waals surface area contributed by atoms with E-state index < -0.39 is 0 Å². The molecule has 6 heteroatoms. The summed E-state index contributed by atoms with van der Waals surface area (Å²) in [6.07, 6.45) is 5.21. The molecule has 3 rings (SSSR count). The molecule has 1 aliphatic heterocycles. The maximum Gasteiger partial charge on any atom is 0.253 e. The van der Waals surface area contributed by atoms with Crippen molar-refractivity contribution in [2.75, 3.05) is 13.1 Å². The molecule has 116 valence electrons. The average molecular weight is 299 g/mol. The Hall–Kier alpha value is -2.21. The Labute approximate surface area is 129 Å². The van der Waals surface area contributed by atoms with Gasteiger partial charge in [-0.05, 0) is 43.9 Å². The number of nitrogens with zero attached hydrogens (tertiary/aromatic N) is 4. The first-order chi connectivity index (χ1) is 10.6. The van der Waals surface area contributed by atoms with Crippen LogP contribution in [0.5, 0.6) is 0 Å². The van der Waals surface area contributed by atoms with Gasteiger partial charge in [-0.2, -0.15) is 5.10 Å². The third kappa shape index (κ3) is 3.01. The number of carbonyl (C=O) groups excluding carboxylic acids is 1. The van der Waals surface area contributed by atoms with Crippen LogP contribution in [0, 0.1) is 5.92 Å². The van der Waals surface area contributed by atoms with Crippen LogP contribution in [0.15, 0.2) is 36.9 Å². The highest BCUT2D eigenvalue weighted by Crippen LogP contribution is 2.21. The van der Waals surface area contributed by atoms with E-state index in [0.717, 1.165) is 31.6 Å². The zero-order chi connectivity index (χ0) is 15.5. The van der Waals surface area contributed by atoms with E-state index in [9.17, 15) is 4.79 Å². The van der Waals surface area contributed by atoms with E-state index in [2.05, 4.69) is 10.1 Å². The largest absolute Gasteiger partial charge is 0.338 e. The molecule has 1 aromatic carbocycles. The summed E-state index contributed by atoms with van der Waals surface area (Å²) < 4.78 is 1.65. The number of hydrogen-bond donors (Lipinski definition) is 1. The Morgan fingerprint density at radius 2 is 2.32 bits per heavy atom. The SMILES string of the molecule is C[C@@H](N)[C@H]1CCCN(C(=O)c2cccc(-n3cncn3)c2)C1. The molecule has 0 aliphatic carbocycles. The van der Waals surface area contributed by atoms with Gasteiger partial charge in [0.05, 0.1) is 5.69 Å². The molecular formula is C16H21N5O. The predicted octanol–water partition coefficient (Wildman–Crippen LogP) is 1.47. The van der Waals surface area contributed by atoms with E-state index in [1.165, 1.54) is 6.33 Å². The zero-order valence-corrected chi connectivity index (χ0v) is 12.7. The summed E-state index contributed by atoms with van der Waals surface area (Å²) in [5.41, 5.74) is 7.52. The van der Waals surface area contributed by atoms with E-state index in [-0.39, 0.29) is 11.9 Å². The lowest BCUT2D eigenvalue weighted by Crippen LogP contribution is -2.45. The van der Waals surface area contributed by atoms with Gasteiger partial charge >= 0.3 is 0 Å². The van der Waals surface area contributed by atoms with Crippen molar-refractivity contribution in [2.24, 2.45) is 11.7 Å². The van der Waals surface area contributed by atoms with E-state index in [0.29, 0.717) is 11.5 Å². The highest BCUT2D eigenvalue weighted by Gasteiger charge is 2.26. The molecule has 0 radical (unpaired) electrons. The summed E-state index contributed by atoms with van der Waals surface area (Å²) in [4.78, 5) is 18.6. The topological polar surface area (TPSA) is 77.0 Å². The molecule has 1 amide bonds. The van der Waals surface area contributed by atoms with Crippen molar-refractivity contribution in [3.63, 3.8) is 0 Å². The van der Waals surface area contributed by atoms with Crippen LogP contribution in [0.1, 0.15) is 30.1 Å². The molecule has 2 N–H and O–H groups in total. The smallest absolute Gasteiger partial charge is 0.253 e. The lowest BCUT2D eigenvalue weighted by Gasteiger charge is -2.34. The number of rotatable bonds is 3. The Morgan fingerprint density at radius 3 is 3.05 bits per heavy atom. The van der Waals surface area contributed by atoms with Crippen molar-refractivity contribution in [3.8, 4) is 5.69 Å². The minimum Gasteiger partial charge on any atom is -0.338 e. The van der Waals surface area contributed by atoms with Crippen LogP contribution < -0.4 is 5.73 Å². The van der Waals surface area contributed by atoms with Gasteiger partial charge in [-0.25, -0.2) is 9.67 Å². The first-order valence-electron chi connectivity index (χ1n) is 7.65. The lowest BCUT2D eigenvalue weighted by molar-refractivity contribution is 0.0661. The molecule has 1 aromatic heterocycles. The number of nitrogens with two attached hydrogens (primary N) is 1. The second kappa shape index (κ2) is 6.27. The van der Waals surface area contributed by atoms with Gasteiger partial charge in [-0.3, -0.25) is 4.79 Å². The van der Waals surface area contributed by atoms with Gasteiger partial charge in [-0.1, -0.05) is 6.07 Å². The molecule has 0 unspecified atom stereocenters. The molecule has 0 saturated carbocycles. The molecule has 2 aromatic rings. The summed E-state index contributed by atoms with van der Waals surface area (Å²) in [5, 5.41) is 4.10. The molecule has 0 bridgehead atoms. The van der Waals surface area contributed by atoms with Crippen molar-refractivity contribution in [3.05, 3.63) is 42.5 Å². The first-order valence-corrected chi connectivity index (χ1v) is 7.65. The van der Waals surface area contributed by atoms with E-state index in [1.807, 2.05) is 36.1 Å².